The number of hydrogen-bond acceptors (Lipinski definition) is 4. The molecule has 0 spiro atoms. The van der Waals surface area contributed by atoms with Gasteiger partial charge in [-0.2, -0.15) is 4.98 Å². The van der Waals surface area contributed by atoms with E-state index >= 15 is 0 Å². The molecule has 0 unspecified atom stereocenters. The fraction of sp³-hybridized carbons (Fsp3) is 0.444. The standard InChI is InChI=1S/C18H19FN4O/c19-11-7-8-16-14(10-11)22-18(24-16)23-9-3-6-15(23)17-20-12-4-1-2-5-13(12)21-17/h7-8,10,15H,1-6,9H2,(H,20,21)/t15-/m0/s1. The summed E-state index contributed by atoms with van der Waals surface area (Å²) in [4.78, 5) is 15.0. The SMILES string of the molecule is Fc1ccc2oc(N3CCC[C@H]3c3nc4c([nH]3)CCCC4)nc2c1. The molecule has 0 saturated carbocycles. The van der Waals surface area contributed by atoms with Gasteiger partial charge < -0.3 is 14.3 Å². The second kappa shape index (κ2) is 5.33. The zero-order chi connectivity index (χ0) is 16.1. The maximum absolute atomic E-state index is 13.4. The van der Waals surface area contributed by atoms with Crippen LogP contribution in [0.3, 0.4) is 0 Å². The molecule has 6 heteroatoms. The number of halogens is 1. The molecule has 5 rings (SSSR count). The van der Waals surface area contributed by atoms with E-state index in [0.29, 0.717) is 17.1 Å². The molecule has 5 nitrogen and oxygen atoms in total. The van der Waals surface area contributed by atoms with Crippen LogP contribution >= 0.6 is 0 Å². The monoisotopic (exact) mass is 326 g/mol. The third-order valence-electron chi connectivity index (χ3n) is 5.13. The highest BCUT2D eigenvalue weighted by molar-refractivity contribution is 5.74. The van der Waals surface area contributed by atoms with E-state index in [2.05, 4.69) is 14.9 Å². The molecule has 1 atom stereocenters. The van der Waals surface area contributed by atoms with E-state index in [-0.39, 0.29) is 11.9 Å². The molecule has 3 aromatic rings. The van der Waals surface area contributed by atoms with Crippen molar-refractivity contribution in [1.29, 1.82) is 0 Å². The van der Waals surface area contributed by atoms with Crippen molar-refractivity contribution < 1.29 is 8.81 Å². The van der Waals surface area contributed by atoms with Crippen LogP contribution < -0.4 is 4.90 Å². The van der Waals surface area contributed by atoms with E-state index in [4.69, 9.17) is 9.40 Å². The Hall–Kier alpha value is -2.37. The van der Waals surface area contributed by atoms with Gasteiger partial charge in [0, 0.05) is 18.3 Å². The average Bonchev–Trinajstić information content (AvgIpc) is 3.30. The number of hydrogen-bond donors (Lipinski definition) is 1. The fourth-order valence-corrected chi connectivity index (χ4v) is 3.92. The number of imidazole rings is 1. The molecule has 124 valence electrons. The Kier molecular flexibility index (Phi) is 3.11. The Balaban J connectivity index is 1.50. The van der Waals surface area contributed by atoms with Gasteiger partial charge in [0.15, 0.2) is 5.58 Å². The number of oxazole rings is 1. The van der Waals surface area contributed by atoms with Crippen LogP contribution in [0.2, 0.25) is 0 Å². The first-order valence-electron chi connectivity index (χ1n) is 8.68. The summed E-state index contributed by atoms with van der Waals surface area (Å²) >= 11 is 0. The first-order chi connectivity index (χ1) is 11.8. The van der Waals surface area contributed by atoms with Gasteiger partial charge in [-0.05, 0) is 50.7 Å². The van der Waals surface area contributed by atoms with Gasteiger partial charge in [-0.3, -0.25) is 0 Å². The van der Waals surface area contributed by atoms with Gasteiger partial charge in [-0.15, -0.1) is 0 Å². The van der Waals surface area contributed by atoms with E-state index in [1.807, 2.05) is 0 Å². The highest BCUT2D eigenvalue weighted by Gasteiger charge is 2.32. The highest BCUT2D eigenvalue weighted by atomic mass is 19.1. The molecule has 0 radical (unpaired) electrons. The largest absolute Gasteiger partial charge is 0.423 e. The number of H-pyrrole nitrogens is 1. The molecule has 1 saturated heterocycles. The Morgan fingerprint density at radius 1 is 1.17 bits per heavy atom. The number of nitrogens with one attached hydrogen (secondary N) is 1. The number of nitrogens with zero attached hydrogens (tertiary/aromatic N) is 3. The molecule has 2 aliphatic rings. The van der Waals surface area contributed by atoms with Crippen molar-refractivity contribution in [3.05, 3.63) is 41.2 Å². The second-order valence-electron chi connectivity index (χ2n) is 6.71. The molecule has 1 fully saturated rings. The van der Waals surface area contributed by atoms with Crippen LogP contribution in [0.15, 0.2) is 22.6 Å². The predicted octanol–water partition coefficient (Wildman–Crippen LogP) is 3.91. The average molecular weight is 326 g/mol. The molecule has 24 heavy (non-hydrogen) atoms. The van der Waals surface area contributed by atoms with E-state index in [9.17, 15) is 4.39 Å². The molecule has 3 heterocycles. The minimum atomic E-state index is -0.293. The summed E-state index contributed by atoms with van der Waals surface area (Å²) in [6, 6.07) is 5.18. The van der Waals surface area contributed by atoms with Crippen LogP contribution in [0.5, 0.6) is 0 Å². The van der Waals surface area contributed by atoms with Gasteiger partial charge in [0.1, 0.15) is 17.2 Å². The summed E-state index contributed by atoms with van der Waals surface area (Å²) in [5.74, 6) is 0.729. The number of fused-ring (bicyclic) bond motifs is 2. The Labute approximate surface area is 138 Å². The van der Waals surface area contributed by atoms with E-state index in [0.717, 1.165) is 38.1 Å². The lowest BCUT2D eigenvalue weighted by molar-refractivity contribution is 0.548. The number of aromatic nitrogens is 3. The van der Waals surface area contributed by atoms with Crippen molar-refractivity contribution in [2.45, 2.75) is 44.6 Å². The highest BCUT2D eigenvalue weighted by Crippen LogP contribution is 2.36. The van der Waals surface area contributed by atoms with Crippen LogP contribution in [-0.2, 0) is 12.8 Å². The summed E-state index contributed by atoms with van der Waals surface area (Å²) in [6.45, 7) is 0.880. The topological polar surface area (TPSA) is 58.0 Å². The van der Waals surface area contributed by atoms with Gasteiger partial charge >= 0.3 is 0 Å². The molecule has 2 aromatic heterocycles. The predicted molar refractivity (Wildman–Crippen MR) is 88.5 cm³/mol. The maximum atomic E-state index is 13.4. The van der Waals surface area contributed by atoms with Gasteiger partial charge in [-0.25, -0.2) is 9.37 Å². The Morgan fingerprint density at radius 2 is 2.08 bits per heavy atom. The summed E-state index contributed by atoms with van der Waals surface area (Å²) in [5, 5.41) is 0. The van der Waals surface area contributed by atoms with Crippen molar-refractivity contribution >= 4 is 17.1 Å². The number of aromatic amines is 1. The van der Waals surface area contributed by atoms with Crippen LogP contribution in [0.25, 0.3) is 11.1 Å². The van der Waals surface area contributed by atoms with Crippen molar-refractivity contribution in [3.8, 4) is 0 Å². The smallest absolute Gasteiger partial charge is 0.299 e. The van der Waals surface area contributed by atoms with E-state index < -0.39 is 0 Å². The number of rotatable bonds is 2. The Morgan fingerprint density at radius 3 is 3.00 bits per heavy atom. The molecule has 1 aliphatic carbocycles. The normalized spacial score (nSPS) is 20.7. The quantitative estimate of drug-likeness (QED) is 0.776. The van der Waals surface area contributed by atoms with Crippen molar-refractivity contribution in [2.75, 3.05) is 11.4 Å². The number of benzene rings is 1. The third kappa shape index (κ3) is 2.20. The van der Waals surface area contributed by atoms with Crippen molar-refractivity contribution in [2.24, 2.45) is 0 Å². The van der Waals surface area contributed by atoms with Gasteiger partial charge in [0.25, 0.3) is 6.01 Å². The zero-order valence-electron chi connectivity index (χ0n) is 13.4. The molecular formula is C18H19FN4O. The van der Waals surface area contributed by atoms with Gasteiger partial charge in [0.05, 0.1) is 11.7 Å². The number of anilines is 1. The minimum Gasteiger partial charge on any atom is -0.423 e. The second-order valence-corrected chi connectivity index (χ2v) is 6.71. The molecular weight excluding hydrogens is 307 g/mol. The van der Waals surface area contributed by atoms with Crippen LogP contribution in [0.4, 0.5) is 10.4 Å². The summed E-state index contributed by atoms with van der Waals surface area (Å²) in [7, 11) is 0. The summed E-state index contributed by atoms with van der Waals surface area (Å²) in [6.07, 6.45) is 6.72. The van der Waals surface area contributed by atoms with Crippen molar-refractivity contribution in [1.82, 2.24) is 15.0 Å². The van der Waals surface area contributed by atoms with Crippen LogP contribution in [0.1, 0.15) is 48.9 Å². The van der Waals surface area contributed by atoms with Crippen molar-refractivity contribution in [3.63, 3.8) is 0 Å². The Bertz CT molecular complexity index is 876. The van der Waals surface area contributed by atoms with Gasteiger partial charge in [0.2, 0.25) is 0 Å². The van der Waals surface area contributed by atoms with E-state index in [1.165, 1.54) is 36.4 Å². The lowest BCUT2D eigenvalue weighted by atomic mass is 10.0. The number of aryl methyl sites for hydroxylation is 2. The van der Waals surface area contributed by atoms with Crippen LogP contribution in [-0.4, -0.2) is 21.5 Å². The molecule has 0 bridgehead atoms. The minimum absolute atomic E-state index is 0.161. The molecule has 1 N–H and O–H groups in total. The van der Waals surface area contributed by atoms with Crippen LogP contribution in [0, 0.1) is 5.82 Å². The summed E-state index contributed by atoms with van der Waals surface area (Å²) in [5.41, 5.74) is 3.70. The lowest BCUT2D eigenvalue weighted by Gasteiger charge is -2.20. The molecule has 0 amide bonds. The zero-order valence-corrected chi connectivity index (χ0v) is 13.4. The summed E-state index contributed by atoms with van der Waals surface area (Å²) < 4.78 is 19.3. The van der Waals surface area contributed by atoms with E-state index in [1.54, 1.807) is 6.07 Å². The van der Waals surface area contributed by atoms with Gasteiger partial charge in [-0.1, -0.05) is 0 Å². The molecule has 1 aromatic carbocycles. The molecule has 1 aliphatic heterocycles. The maximum Gasteiger partial charge on any atom is 0.299 e. The fourth-order valence-electron chi connectivity index (χ4n) is 3.92. The first kappa shape index (κ1) is 14.0. The first-order valence-corrected chi connectivity index (χ1v) is 8.68. The lowest BCUT2D eigenvalue weighted by Crippen LogP contribution is -2.23. The third-order valence-corrected chi connectivity index (χ3v) is 5.13.